The van der Waals surface area contributed by atoms with Gasteiger partial charge in [-0.2, -0.15) is 5.10 Å². The monoisotopic (exact) mass is 462 g/mol. The second-order valence-electron chi connectivity index (χ2n) is 6.32. The third-order valence-electron chi connectivity index (χ3n) is 4.42. The molecule has 1 aromatic rings. The fraction of sp³-hybridized carbons (Fsp3) is 0.706. The lowest BCUT2D eigenvalue weighted by atomic mass is 9.93. The summed E-state index contributed by atoms with van der Waals surface area (Å²) >= 11 is 0. The number of hydrogen-bond donors (Lipinski definition) is 2. The van der Waals surface area contributed by atoms with Crippen LogP contribution in [0.2, 0.25) is 0 Å². The van der Waals surface area contributed by atoms with Gasteiger partial charge in [0.2, 0.25) is 5.91 Å². The van der Waals surface area contributed by atoms with E-state index >= 15 is 0 Å². The number of aromatic nitrogens is 2. The van der Waals surface area contributed by atoms with Gasteiger partial charge in [-0.1, -0.05) is 0 Å². The van der Waals surface area contributed by atoms with Gasteiger partial charge in [-0.15, -0.1) is 24.0 Å². The van der Waals surface area contributed by atoms with E-state index in [0.717, 1.165) is 51.4 Å². The molecule has 1 aliphatic heterocycles. The van der Waals surface area contributed by atoms with E-state index in [4.69, 9.17) is 4.99 Å². The van der Waals surface area contributed by atoms with Gasteiger partial charge in [0.15, 0.2) is 5.96 Å². The van der Waals surface area contributed by atoms with Gasteiger partial charge < -0.3 is 15.5 Å². The van der Waals surface area contributed by atoms with E-state index in [9.17, 15) is 4.79 Å². The maximum absolute atomic E-state index is 11.5. The lowest BCUT2D eigenvalue weighted by Gasteiger charge is -2.34. The molecule has 142 valence electrons. The lowest BCUT2D eigenvalue weighted by molar-refractivity contribution is -0.121. The van der Waals surface area contributed by atoms with Crippen molar-refractivity contribution in [1.29, 1.82) is 0 Å². The molecule has 1 fully saturated rings. The van der Waals surface area contributed by atoms with Crippen LogP contribution in [0.5, 0.6) is 0 Å². The van der Waals surface area contributed by atoms with Crippen molar-refractivity contribution in [3.05, 3.63) is 18.0 Å². The molecule has 0 bridgehead atoms. The van der Waals surface area contributed by atoms with Crippen LogP contribution in [0.4, 0.5) is 0 Å². The largest absolute Gasteiger partial charge is 0.359 e. The molecule has 2 rings (SSSR count). The normalized spacial score (nSPS) is 15.6. The molecule has 7 nitrogen and oxygen atoms in total. The molecular weight excluding hydrogens is 431 g/mol. The molecule has 0 unspecified atom stereocenters. The number of carbonyl (C=O) groups excluding carboxylic acids is 1. The SMILES string of the molecule is CCNC(=NCCc1cnn(C)c1)N1CCC(CC(=O)NC)CC1.I. The Hall–Kier alpha value is -1.32. The first kappa shape index (κ1) is 21.7. The van der Waals surface area contributed by atoms with Crippen LogP contribution in [0.15, 0.2) is 17.4 Å². The van der Waals surface area contributed by atoms with E-state index in [-0.39, 0.29) is 29.9 Å². The highest BCUT2D eigenvalue weighted by Gasteiger charge is 2.22. The number of halogens is 1. The number of hydrogen-bond acceptors (Lipinski definition) is 3. The van der Waals surface area contributed by atoms with Crippen molar-refractivity contribution in [2.75, 3.05) is 33.2 Å². The van der Waals surface area contributed by atoms with Gasteiger partial charge in [-0.25, -0.2) is 0 Å². The zero-order chi connectivity index (χ0) is 17.4. The van der Waals surface area contributed by atoms with Gasteiger partial charge in [0.05, 0.1) is 6.20 Å². The molecule has 0 aromatic carbocycles. The first-order valence-corrected chi connectivity index (χ1v) is 8.83. The first-order chi connectivity index (χ1) is 11.6. The van der Waals surface area contributed by atoms with E-state index in [1.54, 1.807) is 7.05 Å². The Kier molecular flexibility index (Phi) is 9.84. The summed E-state index contributed by atoms with van der Waals surface area (Å²) in [5.74, 6) is 1.62. The second-order valence-corrected chi connectivity index (χ2v) is 6.32. The average Bonchev–Trinajstić information content (AvgIpc) is 3.00. The lowest BCUT2D eigenvalue weighted by Crippen LogP contribution is -2.46. The van der Waals surface area contributed by atoms with Crippen LogP contribution in [0.25, 0.3) is 0 Å². The number of nitrogens with zero attached hydrogens (tertiary/aromatic N) is 4. The fourth-order valence-electron chi connectivity index (χ4n) is 3.03. The number of nitrogens with one attached hydrogen (secondary N) is 2. The number of carbonyl (C=O) groups is 1. The third-order valence-corrected chi connectivity index (χ3v) is 4.42. The van der Waals surface area contributed by atoms with Crippen LogP contribution < -0.4 is 10.6 Å². The number of aryl methyl sites for hydroxylation is 1. The standard InChI is InChI=1S/C17H30N6O.HI/c1-4-19-17(20-8-5-15-12-21-22(3)13-15)23-9-6-14(7-10-23)11-16(24)18-2;/h12-14H,4-11H2,1-3H3,(H,18,24)(H,19,20);1H. The summed E-state index contributed by atoms with van der Waals surface area (Å²) in [4.78, 5) is 18.6. The molecule has 1 saturated heterocycles. The van der Waals surface area contributed by atoms with Crippen LogP contribution in [0.3, 0.4) is 0 Å². The topological polar surface area (TPSA) is 74.5 Å². The minimum absolute atomic E-state index is 0. The zero-order valence-corrected chi connectivity index (χ0v) is 17.8. The Bertz CT molecular complexity index is 551. The van der Waals surface area contributed by atoms with Crippen LogP contribution in [-0.2, 0) is 18.3 Å². The van der Waals surface area contributed by atoms with E-state index in [0.29, 0.717) is 12.3 Å². The van der Waals surface area contributed by atoms with Gasteiger partial charge >= 0.3 is 0 Å². The van der Waals surface area contributed by atoms with Crippen molar-refractivity contribution in [2.24, 2.45) is 18.0 Å². The van der Waals surface area contributed by atoms with Gasteiger partial charge in [-0.3, -0.25) is 14.5 Å². The van der Waals surface area contributed by atoms with Crippen molar-refractivity contribution in [3.8, 4) is 0 Å². The molecule has 0 radical (unpaired) electrons. The molecule has 1 aromatic heterocycles. The predicted molar refractivity (Wildman–Crippen MR) is 111 cm³/mol. The molecule has 2 heterocycles. The van der Waals surface area contributed by atoms with Crippen LogP contribution in [0, 0.1) is 5.92 Å². The quantitative estimate of drug-likeness (QED) is 0.381. The Labute approximate surface area is 167 Å². The van der Waals surface area contributed by atoms with E-state index in [1.807, 2.05) is 24.1 Å². The maximum Gasteiger partial charge on any atom is 0.220 e. The Morgan fingerprint density at radius 2 is 2.12 bits per heavy atom. The Balaban J connectivity index is 0.00000312. The Morgan fingerprint density at radius 1 is 1.40 bits per heavy atom. The molecule has 0 atom stereocenters. The highest BCUT2D eigenvalue weighted by molar-refractivity contribution is 14.0. The van der Waals surface area contributed by atoms with Gasteiger partial charge in [0, 0.05) is 52.9 Å². The molecule has 8 heteroatoms. The summed E-state index contributed by atoms with van der Waals surface area (Å²) in [7, 11) is 3.63. The van der Waals surface area contributed by atoms with Crippen molar-refractivity contribution in [3.63, 3.8) is 0 Å². The third kappa shape index (κ3) is 7.21. The van der Waals surface area contributed by atoms with Crippen LogP contribution in [-0.4, -0.2) is 59.8 Å². The molecule has 1 amide bonds. The smallest absolute Gasteiger partial charge is 0.220 e. The molecule has 2 N–H and O–H groups in total. The van der Waals surface area contributed by atoms with Crippen LogP contribution in [0.1, 0.15) is 31.7 Å². The number of rotatable bonds is 6. The minimum atomic E-state index is 0. The van der Waals surface area contributed by atoms with Crippen LogP contribution >= 0.6 is 24.0 Å². The summed E-state index contributed by atoms with van der Waals surface area (Å²) < 4.78 is 1.82. The van der Waals surface area contributed by atoms with Crippen molar-refractivity contribution < 1.29 is 4.79 Å². The van der Waals surface area contributed by atoms with Crippen molar-refractivity contribution in [2.45, 2.75) is 32.6 Å². The highest BCUT2D eigenvalue weighted by atomic mass is 127. The van der Waals surface area contributed by atoms with Gasteiger partial charge in [0.1, 0.15) is 0 Å². The van der Waals surface area contributed by atoms with Crippen molar-refractivity contribution >= 4 is 35.8 Å². The summed E-state index contributed by atoms with van der Waals surface area (Å²) in [6.07, 6.45) is 7.55. The number of aliphatic imine (C=N–C) groups is 1. The summed E-state index contributed by atoms with van der Waals surface area (Å²) in [5.41, 5.74) is 1.21. The number of piperidine rings is 1. The zero-order valence-electron chi connectivity index (χ0n) is 15.5. The van der Waals surface area contributed by atoms with Crippen molar-refractivity contribution in [1.82, 2.24) is 25.3 Å². The molecule has 0 spiro atoms. The maximum atomic E-state index is 11.5. The fourth-order valence-corrected chi connectivity index (χ4v) is 3.03. The molecular formula is C17H31IN6O. The minimum Gasteiger partial charge on any atom is -0.359 e. The highest BCUT2D eigenvalue weighted by Crippen LogP contribution is 2.20. The molecule has 25 heavy (non-hydrogen) atoms. The summed E-state index contributed by atoms with van der Waals surface area (Å²) in [6, 6.07) is 0. The molecule has 1 aliphatic rings. The van der Waals surface area contributed by atoms with E-state index < -0.39 is 0 Å². The van der Waals surface area contributed by atoms with Gasteiger partial charge in [-0.05, 0) is 37.7 Å². The Morgan fingerprint density at radius 3 is 2.68 bits per heavy atom. The number of guanidine groups is 1. The van der Waals surface area contributed by atoms with Gasteiger partial charge in [0.25, 0.3) is 0 Å². The second kappa shape index (κ2) is 11.3. The van der Waals surface area contributed by atoms with E-state index in [2.05, 4.69) is 27.6 Å². The predicted octanol–water partition coefficient (Wildman–Crippen LogP) is 1.39. The number of likely N-dealkylation sites (tertiary alicyclic amines) is 1. The van der Waals surface area contributed by atoms with E-state index in [1.165, 1.54) is 5.56 Å². The summed E-state index contributed by atoms with van der Waals surface area (Å²) in [6.45, 7) is 5.63. The molecule has 0 aliphatic carbocycles. The number of amides is 1. The summed E-state index contributed by atoms with van der Waals surface area (Å²) in [5, 5.41) is 10.3. The first-order valence-electron chi connectivity index (χ1n) is 8.83. The average molecular weight is 462 g/mol. The molecule has 0 saturated carbocycles.